The number of ether oxygens (including phenoxy) is 2. The number of methoxy groups -OCH3 is 1. The number of amides is 1. The Morgan fingerprint density at radius 3 is 2.25 bits per heavy atom. The fourth-order valence-electron chi connectivity index (χ4n) is 5.62. The highest BCUT2D eigenvalue weighted by atomic mass is 32.2. The van der Waals surface area contributed by atoms with E-state index < -0.39 is 71.3 Å². The zero-order valence-electron chi connectivity index (χ0n) is 26.7. The second-order valence-electron chi connectivity index (χ2n) is 11.4. The van der Waals surface area contributed by atoms with Gasteiger partial charge in [-0.3, -0.25) is 14.4 Å². The van der Waals surface area contributed by atoms with E-state index in [1.54, 1.807) is 0 Å². The summed E-state index contributed by atoms with van der Waals surface area (Å²) in [4.78, 5) is 14.1. The number of hydrogen-bond acceptors (Lipinski definition) is 9. The summed E-state index contributed by atoms with van der Waals surface area (Å²) in [5, 5.41) is 20.7. The molecule has 0 spiro atoms. The van der Waals surface area contributed by atoms with Gasteiger partial charge < -0.3 is 24.0 Å². The summed E-state index contributed by atoms with van der Waals surface area (Å²) in [6, 6.07) is 11.3. The van der Waals surface area contributed by atoms with Crippen LogP contribution in [0.25, 0.3) is 11.1 Å². The van der Waals surface area contributed by atoms with Crippen LogP contribution in [0.15, 0.2) is 77.5 Å². The number of alkyl halides is 6. The Morgan fingerprint density at radius 2 is 1.63 bits per heavy atom. The molecular formula is C31H28BF7N4O8S. The second kappa shape index (κ2) is 15.1. The van der Waals surface area contributed by atoms with E-state index in [1.165, 1.54) is 48.6 Å². The fraction of sp³-hybridized carbons (Fsp3) is 0.290. The van der Waals surface area contributed by atoms with E-state index in [4.69, 9.17) is 19.5 Å². The van der Waals surface area contributed by atoms with Crippen LogP contribution in [0, 0.1) is 5.82 Å². The van der Waals surface area contributed by atoms with Gasteiger partial charge in [-0.1, -0.05) is 41.6 Å². The van der Waals surface area contributed by atoms with Crippen molar-refractivity contribution in [1.82, 2.24) is 9.46 Å². The molecule has 2 aliphatic rings. The molecule has 0 aliphatic carbocycles. The average Bonchev–Trinajstić information content (AvgIpc) is 3.60. The van der Waals surface area contributed by atoms with E-state index in [0.717, 1.165) is 34.6 Å². The van der Waals surface area contributed by atoms with Crippen LogP contribution in [0.1, 0.15) is 17.5 Å². The summed E-state index contributed by atoms with van der Waals surface area (Å²) >= 11 is 0. The van der Waals surface area contributed by atoms with Gasteiger partial charge in [0, 0.05) is 19.2 Å². The number of fused-ring (bicyclic) bond motifs is 1. The Hall–Kier alpha value is -4.70. The van der Waals surface area contributed by atoms with Crippen LogP contribution in [-0.4, -0.2) is 79.9 Å². The van der Waals surface area contributed by atoms with Crippen LogP contribution >= 0.6 is 0 Å². The van der Waals surface area contributed by atoms with Gasteiger partial charge in [-0.25, -0.2) is 4.39 Å². The smallest absolute Gasteiger partial charge is 0.488 e. The number of halogens is 7. The maximum atomic E-state index is 15.6. The first-order chi connectivity index (χ1) is 24.4. The molecular weight excluding hydrogens is 732 g/mol. The summed E-state index contributed by atoms with van der Waals surface area (Å²) in [5.74, 6) is -1.54. The molecule has 2 aliphatic heterocycles. The van der Waals surface area contributed by atoms with Crippen LogP contribution in [-0.2, 0) is 32.1 Å². The third kappa shape index (κ3) is 8.67. The highest BCUT2D eigenvalue weighted by Gasteiger charge is 2.45. The van der Waals surface area contributed by atoms with Gasteiger partial charge in [0.05, 0.1) is 30.4 Å². The predicted molar refractivity (Wildman–Crippen MR) is 171 cm³/mol. The van der Waals surface area contributed by atoms with Crippen molar-refractivity contribution in [3.63, 3.8) is 0 Å². The molecule has 21 heteroatoms. The molecule has 2 saturated heterocycles. The molecule has 2 fully saturated rings. The number of morpholine rings is 1. The number of hydrogen-bond donors (Lipinski definition) is 3. The minimum atomic E-state index is -4.58. The van der Waals surface area contributed by atoms with E-state index >= 15 is 4.39 Å². The van der Waals surface area contributed by atoms with Crippen molar-refractivity contribution in [3.8, 4) is 16.9 Å². The van der Waals surface area contributed by atoms with Gasteiger partial charge in [-0.2, -0.15) is 39.1 Å². The van der Waals surface area contributed by atoms with Crippen molar-refractivity contribution in [1.29, 1.82) is 0 Å². The molecule has 3 aromatic carbocycles. The monoisotopic (exact) mass is 760 g/mol. The molecule has 0 bridgehead atoms. The number of aromatic nitrogens is 1. The minimum absolute atomic E-state index is 0.00819. The SMILES string of the molecule is COc1cc(-c2cccc(C(F)(F)F)c2)cc(F)c1N1C(=O)CO[C@H]2CN(S(=O)(=O)Nc3ccon3)CC[C@@H]21.OB(O)c1cccc(C(F)(F)F)c1. The summed E-state index contributed by atoms with van der Waals surface area (Å²) in [7, 11) is -4.65. The standard InChI is InChI=1S/C24H22F4N4O6S.C7H6BF3O2/c1-36-19-11-15(14-3-2-4-16(9-14)24(26,27)28)10-17(25)23(19)32-18-5-7-31(12-20(18)37-13-22(32)33)39(34,35)30-21-6-8-38-29-21;9-7(10,11)5-2-1-3-6(4-5)8(12)13/h2-4,6,8-11,18,20H,5,7,12-13H2,1H3,(H,29,30);1-4,12-13H/t18-,20-;/m0./s1. The summed E-state index contributed by atoms with van der Waals surface area (Å²) in [6.07, 6.45) is -8.52. The number of nitrogens with one attached hydrogen (secondary N) is 1. The van der Waals surface area contributed by atoms with Crippen molar-refractivity contribution in [2.45, 2.75) is 30.9 Å². The van der Waals surface area contributed by atoms with Gasteiger partial charge in [0.2, 0.25) is 0 Å². The Bertz CT molecular complexity index is 2000. The Kier molecular flexibility index (Phi) is 11.2. The topological polar surface area (TPSA) is 155 Å². The first kappa shape index (κ1) is 38.5. The van der Waals surface area contributed by atoms with Gasteiger partial charge in [0.15, 0.2) is 11.6 Å². The molecule has 12 nitrogen and oxygen atoms in total. The van der Waals surface area contributed by atoms with Crippen molar-refractivity contribution in [3.05, 3.63) is 89.9 Å². The third-order valence-electron chi connectivity index (χ3n) is 8.04. The Morgan fingerprint density at radius 1 is 0.962 bits per heavy atom. The van der Waals surface area contributed by atoms with Crippen LogP contribution in [0.5, 0.6) is 5.75 Å². The summed E-state index contributed by atoms with van der Waals surface area (Å²) in [6.45, 7) is -0.592. The molecule has 0 unspecified atom stereocenters. The minimum Gasteiger partial charge on any atom is -0.494 e. The first-order valence-electron chi connectivity index (χ1n) is 15.1. The van der Waals surface area contributed by atoms with Crippen LogP contribution in [0.3, 0.4) is 0 Å². The van der Waals surface area contributed by atoms with E-state index in [1.807, 2.05) is 0 Å². The van der Waals surface area contributed by atoms with E-state index in [2.05, 4.69) is 14.4 Å². The van der Waals surface area contributed by atoms with Gasteiger partial charge in [0.25, 0.3) is 5.91 Å². The molecule has 3 heterocycles. The molecule has 52 heavy (non-hydrogen) atoms. The van der Waals surface area contributed by atoms with E-state index in [0.29, 0.717) is 6.07 Å². The number of benzene rings is 3. The number of rotatable bonds is 7. The van der Waals surface area contributed by atoms with Crippen LogP contribution in [0.4, 0.5) is 42.2 Å². The van der Waals surface area contributed by atoms with Gasteiger partial charge in [-0.15, -0.1) is 0 Å². The molecule has 1 aromatic heterocycles. The van der Waals surface area contributed by atoms with Gasteiger partial charge >= 0.3 is 29.7 Å². The van der Waals surface area contributed by atoms with E-state index in [-0.39, 0.29) is 53.4 Å². The molecule has 2 atom stereocenters. The number of piperidine rings is 1. The fourth-order valence-corrected chi connectivity index (χ4v) is 6.81. The lowest BCUT2D eigenvalue weighted by Gasteiger charge is -2.46. The average molecular weight is 760 g/mol. The second-order valence-corrected chi connectivity index (χ2v) is 13.1. The Labute approximate surface area is 291 Å². The van der Waals surface area contributed by atoms with Crippen molar-refractivity contribution in [2.24, 2.45) is 0 Å². The first-order valence-corrected chi connectivity index (χ1v) is 16.5. The number of carbonyl (C=O) groups is 1. The van der Waals surface area contributed by atoms with Crippen molar-refractivity contribution in [2.75, 3.05) is 36.4 Å². The normalized spacial score (nSPS) is 18.3. The lowest BCUT2D eigenvalue weighted by Crippen LogP contribution is -2.62. The predicted octanol–water partition coefficient (Wildman–Crippen LogP) is 4.06. The Balaban J connectivity index is 0.000000340. The van der Waals surface area contributed by atoms with Crippen molar-refractivity contribution < 1.29 is 68.0 Å². The summed E-state index contributed by atoms with van der Waals surface area (Å²) in [5.41, 5.74) is -1.93. The highest BCUT2D eigenvalue weighted by Crippen LogP contribution is 2.41. The maximum Gasteiger partial charge on any atom is 0.488 e. The molecule has 6 rings (SSSR count). The van der Waals surface area contributed by atoms with Crippen LogP contribution < -0.4 is 19.8 Å². The molecule has 0 radical (unpaired) electrons. The number of nitrogens with zero attached hydrogens (tertiary/aromatic N) is 3. The molecule has 4 aromatic rings. The van der Waals surface area contributed by atoms with Gasteiger partial charge in [0.1, 0.15) is 24.3 Å². The summed E-state index contributed by atoms with van der Waals surface area (Å²) < 4.78 is 136. The molecule has 3 N–H and O–H groups in total. The van der Waals surface area contributed by atoms with Gasteiger partial charge in [-0.05, 0) is 47.3 Å². The quantitative estimate of drug-likeness (QED) is 0.187. The van der Waals surface area contributed by atoms with Crippen molar-refractivity contribution >= 4 is 40.2 Å². The lowest BCUT2D eigenvalue weighted by molar-refractivity contribution is -0.138. The zero-order valence-corrected chi connectivity index (χ0v) is 27.5. The van der Waals surface area contributed by atoms with Crippen LogP contribution in [0.2, 0.25) is 0 Å². The maximum absolute atomic E-state index is 15.6. The molecule has 278 valence electrons. The zero-order chi connectivity index (χ0) is 38.0. The number of carbonyl (C=O) groups excluding carboxylic acids is 1. The number of anilines is 2. The molecule has 1 amide bonds. The molecule has 0 saturated carbocycles. The van der Waals surface area contributed by atoms with E-state index in [9.17, 15) is 39.6 Å². The highest BCUT2D eigenvalue weighted by molar-refractivity contribution is 7.90. The third-order valence-corrected chi connectivity index (χ3v) is 9.52. The lowest BCUT2D eigenvalue weighted by atomic mass is 9.79. The largest absolute Gasteiger partial charge is 0.494 e.